The number of carboxylic acid groups (broad SMARTS) is 1. The summed E-state index contributed by atoms with van der Waals surface area (Å²) in [6, 6.07) is -3.97. The Morgan fingerprint density at radius 3 is 2.30 bits per heavy atom. The summed E-state index contributed by atoms with van der Waals surface area (Å²) in [5.74, 6) is -3.18. The second-order valence-electron chi connectivity index (χ2n) is 7.30. The third kappa shape index (κ3) is 8.46. The maximum Gasteiger partial charge on any atom is 0.326 e. The van der Waals surface area contributed by atoms with Crippen LogP contribution in [0.15, 0.2) is 0 Å². The molecule has 1 aliphatic heterocycles. The normalized spacial score (nSPS) is 19.9. The Morgan fingerprint density at radius 1 is 1.13 bits per heavy atom. The predicted molar refractivity (Wildman–Crippen MR) is 113 cm³/mol. The van der Waals surface area contributed by atoms with Crippen molar-refractivity contribution in [3.63, 3.8) is 0 Å². The Kier molecular flexibility index (Phi) is 11.7. The summed E-state index contributed by atoms with van der Waals surface area (Å²) in [7, 11) is 0. The van der Waals surface area contributed by atoms with Crippen molar-refractivity contribution < 1.29 is 29.4 Å². The Labute approximate surface area is 181 Å². The summed E-state index contributed by atoms with van der Waals surface area (Å²) in [4.78, 5) is 48.7. The number of hydrogen-bond donors (Lipinski definition) is 8. The van der Waals surface area contributed by atoms with Gasteiger partial charge in [-0.3, -0.25) is 14.4 Å². The van der Waals surface area contributed by atoms with Gasteiger partial charge in [0.25, 0.3) is 0 Å². The Hall–Kier alpha value is -1.89. The average Bonchev–Trinajstić information content (AvgIpc) is 3.23. The van der Waals surface area contributed by atoms with E-state index in [0.29, 0.717) is 32.4 Å². The molecule has 12 heteroatoms. The largest absolute Gasteiger partial charge is 0.480 e. The molecule has 1 saturated heterocycles. The molecule has 0 spiro atoms. The molecule has 0 aromatic carbocycles. The SMILES string of the molecule is CC(O)C(NC(=O)C1CCCN1)C(=O)NC(CS)C(=O)NC(CCCCN)C(=O)O. The molecule has 3 amide bonds. The van der Waals surface area contributed by atoms with Crippen LogP contribution in [0.4, 0.5) is 0 Å². The van der Waals surface area contributed by atoms with Gasteiger partial charge in [0, 0.05) is 5.75 Å². The molecule has 1 rings (SSSR count). The molecule has 1 heterocycles. The smallest absolute Gasteiger partial charge is 0.326 e. The molecule has 172 valence electrons. The summed E-state index contributed by atoms with van der Waals surface area (Å²) in [6.45, 7) is 2.46. The highest BCUT2D eigenvalue weighted by molar-refractivity contribution is 7.80. The minimum Gasteiger partial charge on any atom is -0.480 e. The Morgan fingerprint density at radius 2 is 1.80 bits per heavy atom. The number of carbonyl (C=O) groups excluding carboxylic acids is 3. The van der Waals surface area contributed by atoms with Crippen LogP contribution in [0.1, 0.15) is 39.0 Å². The highest BCUT2D eigenvalue weighted by atomic mass is 32.1. The number of nitrogens with one attached hydrogen (secondary N) is 4. The highest BCUT2D eigenvalue weighted by Crippen LogP contribution is 2.07. The lowest BCUT2D eigenvalue weighted by atomic mass is 10.1. The van der Waals surface area contributed by atoms with E-state index in [4.69, 9.17) is 5.73 Å². The number of aliphatic hydroxyl groups is 1. The van der Waals surface area contributed by atoms with Crippen LogP contribution in [0.3, 0.4) is 0 Å². The number of amides is 3. The zero-order valence-corrected chi connectivity index (χ0v) is 18.0. The first kappa shape index (κ1) is 26.1. The molecule has 30 heavy (non-hydrogen) atoms. The molecule has 5 unspecified atom stereocenters. The van der Waals surface area contributed by atoms with Crippen LogP contribution < -0.4 is 27.0 Å². The first-order chi connectivity index (χ1) is 14.2. The molecule has 5 atom stereocenters. The molecule has 8 N–H and O–H groups in total. The van der Waals surface area contributed by atoms with Crippen LogP contribution in [0, 0.1) is 0 Å². The van der Waals surface area contributed by atoms with E-state index in [2.05, 4.69) is 33.9 Å². The number of rotatable bonds is 13. The predicted octanol–water partition coefficient (Wildman–Crippen LogP) is -2.28. The van der Waals surface area contributed by atoms with Crippen LogP contribution in [0.25, 0.3) is 0 Å². The van der Waals surface area contributed by atoms with Crippen LogP contribution in [0.5, 0.6) is 0 Å². The Bertz CT molecular complexity index is 600. The molecule has 0 aromatic heterocycles. The van der Waals surface area contributed by atoms with Gasteiger partial charge in [-0.25, -0.2) is 4.79 Å². The number of carbonyl (C=O) groups is 4. The molecule has 0 radical (unpaired) electrons. The molecule has 1 fully saturated rings. The molecule has 0 saturated carbocycles. The van der Waals surface area contributed by atoms with Crippen LogP contribution in [0.2, 0.25) is 0 Å². The summed E-state index contributed by atoms with van der Waals surface area (Å²) < 4.78 is 0. The van der Waals surface area contributed by atoms with Gasteiger partial charge in [0.2, 0.25) is 17.7 Å². The van der Waals surface area contributed by atoms with Crippen molar-refractivity contribution in [2.75, 3.05) is 18.8 Å². The lowest BCUT2D eigenvalue weighted by Crippen LogP contribution is -2.60. The van der Waals surface area contributed by atoms with Crippen LogP contribution in [-0.4, -0.2) is 83.0 Å². The third-order valence-electron chi connectivity index (χ3n) is 4.82. The molecular weight excluding hydrogens is 414 g/mol. The molecule has 1 aliphatic rings. The van der Waals surface area contributed by atoms with E-state index in [-0.39, 0.29) is 12.2 Å². The van der Waals surface area contributed by atoms with Crippen molar-refractivity contribution in [2.45, 2.75) is 69.3 Å². The second kappa shape index (κ2) is 13.4. The number of nitrogens with two attached hydrogens (primary N) is 1. The minimum atomic E-state index is -1.27. The van der Waals surface area contributed by atoms with Gasteiger partial charge in [-0.2, -0.15) is 12.6 Å². The zero-order valence-electron chi connectivity index (χ0n) is 17.1. The van der Waals surface area contributed by atoms with Crippen molar-refractivity contribution in [2.24, 2.45) is 5.73 Å². The van der Waals surface area contributed by atoms with E-state index in [1.807, 2.05) is 0 Å². The third-order valence-corrected chi connectivity index (χ3v) is 5.18. The number of hydrogen-bond acceptors (Lipinski definition) is 8. The van der Waals surface area contributed by atoms with Gasteiger partial charge in [-0.05, 0) is 52.1 Å². The fourth-order valence-electron chi connectivity index (χ4n) is 3.05. The van der Waals surface area contributed by atoms with Crippen molar-refractivity contribution in [1.29, 1.82) is 0 Å². The second-order valence-corrected chi connectivity index (χ2v) is 7.67. The monoisotopic (exact) mass is 447 g/mol. The molecular formula is C18H33N5O6S. The van der Waals surface area contributed by atoms with Crippen molar-refractivity contribution >= 4 is 36.3 Å². The quantitative estimate of drug-likeness (QED) is 0.115. The van der Waals surface area contributed by atoms with Gasteiger partial charge < -0.3 is 37.2 Å². The van der Waals surface area contributed by atoms with E-state index < -0.39 is 54.0 Å². The van der Waals surface area contributed by atoms with Gasteiger partial charge in [-0.15, -0.1) is 0 Å². The number of thiol groups is 1. The fourth-order valence-corrected chi connectivity index (χ4v) is 3.30. The Balaban J connectivity index is 2.71. The maximum absolute atomic E-state index is 12.6. The van der Waals surface area contributed by atoms with E-state index in [9.17, 15) is 29.4 Å². The lowest BCUT2D eigenvalue weighted by Gasteiger charge is -2.25. The van der Waals surface area contributed by atoms with Gasteiger partial charge in [0.1, 0.15) is 18.1 Å². The van der Waals surface area contributed by atoms with Crippen molar-refractivity contribution in [3.05, 3.63) is 0 Å². The van der Waals surface area contributed by atoms with Crippen molar-refractivity contribution in [1.82, 2.24) is 21.3 Å². The van der Waals surface area contributed by atoms with Crippen LogP contribution in [-0.2, 0) is 19.2 Å². The van der Waals surface area contributed by atoms with Gasteiger partial charge in [0.05, 0.1) is 12.1 Å². The fraction of sp³-hybridized carbons (Fsp3) is 0.778. The van der Waals surface area contributed by atoms with Gasteiger partial charge >= 0.3 is 5.97 Å². The molecule has 0 aliphatic carbocycles. The minimum absolute atomic E-state index is 0.0998. The molecule has 0 bridgehead atoms. The number of carboxylic acids is 1. The van der Waals surface area contributed by atoms with E-state index in [0.717, 1.165) is 6.42 Å². The topological polar surface area (TPSA) is 183 Å². The molecule has 11 nitrogen and oxygen atoms in total. The highest BCUT2D eigenvalue weighted by Gasteiger charge is 2.33. The van der Waals surface area contributed by atoms with E-state index >= 15 is 0 Å². The zero-order chi connectivity index (χ0) is 22.7. The average molecular weight is 448 g/mol. The van der Waals surface area contributed by atoms with Gasteiger partial charge in [0.15, 0.2) is 0 Å². The first-order valence-electron chi connectivity index (χ1n) is 10.1. The standard InChI is InChI=1S/C18H33N5O6S/c1-10(24)14(23-15(25)11-6-4-8-20-11)17(27)22-13(9-30)16(26)21-12(18(28)29)5-2-3-7-19/h10-14,20,24,30H,2-9,19H2,1H3,(H,21,26)(H,22,27)(H,23,25)(H,28,29). The van der Waals surface area contributed by atoms with Crippen LogP contribution >= 0.6 is 12.6 Å². The lowest BCUT2D eigenvalue weighted by molar-refractivity contribution is -0.142. The number of aliphatic hydroxyl groups excluding tert-OH is 1. The van der Waals surface area contributed by atoms with E-state index in [1.165, 1.54) is 6.92 Å². The summed E-state index contributed by atoms with van der Waals surface area (Å²) in [6.07, 6.45) is 1.60. The van der Waals surface area contributed by atoms with Crippen molar-refractivity contribution in [3.8, 4) is 0 Å². The number of aliphatic carboxylic acids is 1. The summed E-state index contributed by atoms with van der Waals surface area (Å²) in [5.41, 5.74) is 5.40. The number of unbranched alkanes of at least 4 members (excludes halogenated alkanes) is 1. The summed E-state index contributed by atoms with van der Waals surface area (Å²) >= 11 is 4.05. The summed E-state index contributed by atoms with van der Waals surface area (Å²) in [5, 5.41) is 29.5. The van der Waals surface area contributed by atoms with E-state index in [1.54, 1.807) is 0 Å². The van der Waals surface area contributed by atoms with Gasteiger partial charge in [-0.1, -0.05) is 0 Å². The molecule has 0 aromatic rings. The maximum atomic E-state index is 12.6. The first-order valence-corrected chi connectivity index (χ1v) is 10.7.